The van der Waals surface area contributed by atoms with Crippen LogP contribution in [-0.2, 0) is 63.1 Å². The number of methoxy groups -OCH3 is 2. The van der Waals surface area contributed by atoms with Crippen molar-refractivity contribution in [1.82, 2.24) is 15.3 Å². The Morgan fingerprint density at radius 1 is 0.619 bits per heavy atom. The van der Waals surface area contributed by atoms with Crippen LogP contribution in [0.25, 0.3) is 18.2 Å². The number of benzene rings is 2. The lowest BCUT2D eigenvalue weighted by molar-refractivity contribution is -0.141. The Labute approximate surface area is 372 Å². The van der Waals surface area contributed by atoms with Crippen LogP contribution < -0.4 is 16.0 Å². The largest absolute Gasteiger partial charge is 0.469 e. The molecule has 2 aromatic heterocycles. The summed E-state index contributed by atoms with van der Waals surface area (Å²) in [7, 11) is 0.150. The van der Waals surface area contributed by atoms with Crippen LogP contribution in [0.5, 0.6) is 0 Å². The summed E-state index contributed by atoms with van der Waals surface area (Å²) >= 11 is 0. The van der Waals surface area contributed by atoms with Gasteiger partial charge in [0, 0.05) is 73.1 Å². The van der Waals surface area contributed by atoms with Gasteiger partial charge in [0.1, 0.15) is 0 Å². The maximum Gasteiger partial charge on any atom is 0.305 e. The van der Waals surface area contributed by atoms with Gasteiger partial charge in [0.05, 0.1) is 41.5 Å². The van der Waals surface area contributed by atoms with Crippen molar-refractivity contribution in [3.63, 3.8) is 0 Å². The topological polar surface area (TPSA) is 177 Å². The minimum absolute atomic E-state index is 0.120. The van der Waals surface area contributed by atoms with Crippen LogP contribution in [0.1, 0.15) is 84.3 Å². The predicted octanol–water partition coefficient (Wildman–Crippen LogP) is 5.88. The number of amides is 2. The first-order valence-corrected chi connectivity index (χ1v) is 23.4. The van der Waals surface area contributed by atoms with Gasteiger partial charge in [-0.25, -0.2) is 4.99 Å². The van der Waals surface area contributed by atoms with E-state index in [2.05, 4.69) is 20.3 Å². The summed E-state index contributed by atoms with van der Waals surface area (Å²) in [5, 5.41) is 4.39. The lowest BCUT2D eigenvalue weighted by Crippen LogP contribution is -2.15. The standard InChI is InChI=1S/C49H54N4O8S2/c1-28-9-13-34(14-10-28)62(58)23-21-38-33(6)48(56)53-45(38)26-41-31(4)37(18-20-47(55)61-8)44(51-41)27-43-36(17-19-46(54)60-7)30(3)40(50-43)25-42-32(5)39(49(57)52-42)22-24-63(59)35-15-11-29(2)12-16-35/h9-16,25-27,50-51H,17-24H2,1-8H3,(H,53,56)/b40-25-,43-27-,45-26-. The SMILES string of the molecule is COC(=O)CCc1c(/C=c2\[nH]/c(=C\C3=NC(=O)C(CCS(=O)c4ccc(C)cc4)=C3C)c(C)c2CCC(=O)OC)[nH]c(/C=C2\NC(=O)C(C)=C2CCS(=O)c2ccc(C)cc2)c1C. The summed E-state index contributed by atoms with van der Waals surface area (Å²) in [4.78, 5) is 63.9. The van der Waals surface area contributed by atoms with Gasteiger partial charge in [0.15, 0.2) is 0 Å². The maximum atomic E-state index is 13.2. The number of nitrogens with one attached hydrogen (secondary N) is 3. The third-order valence-corrected chi connectivity index (χ3v) is 14.4. The number of carbonyl (C=O) groups excluding carboxylic acids is 4. The molecular formula is C49H54N4O8S2. The van der Waals surface area contributed by atoms with E-state index in [0.29, 0.717) is 86.5 Å². The van der Waals surface area contributed by atoms with Crippen molar-refractivity contribution in [1.29, 1.82) is 0 Å². The minimum atomic E-state index is -1.28. The molecule has 0 spiro atoms. The van der Waals surface area contributed by atoms with E-state index in [0.717, 1.165) is 43.8 Å². The summed E-state index contributed by atoms with van der Waals surface area (Å²) in [6.07, 6.45) is 7.31. The number of hydrogen-bond acceptors (Lipinski definition) is 8. The summed E-state index contributed by atoms with van der Waals surface area (Å²) < 4.78 is 36.3. The molecule has 6 rings (SSSR count). The van der Waals surface area contributed by atoms with Gasteiger partial charge in [0.2, 0.25) is 0 Å². The summed E-state index contributed by atoms with van der Waals surface area (Å²) in [6.45, 7) is 11.4. The van der Waals surface area contributed by atoms with Crippen molar-refractivity contribution in [3.05, 3.63) is 132 Å². The van der Waals surface area contributed by atoms with Gasteiger partial charge in [-0.2, -0.15) is 0 Å². The Balaban J connectivity index is 1.37. The van der Waals surface area contributed by atoms with E-state index in [-0.39, 0.29) is 42.3 Å². The monoisotopic (exact) mass is 890 g/mol. The molecule has 2 aliphatic rings. The van der Waals surface area contributed by atoms with Crippen molar-refractivity contribution in [2.24, 2.45) is 4.99 Å². The molecule has 4 aromatic rings. The molecule has 2 atom stereocenters. The lowest BCUT2D eigenvalue weighted by Gasteiger charge is -2.08. The van der Waals surface area contributed by atoms with E-state index in [9.17, 15) is 27.6 Å². The van der Waals surface area contributed by atoms with E-state index < -0.39 is 21.6 Å². The molecule has 0 saturated carbocycles. The van der Waals surface area contributed by atoms with Crippen LogP contribution in [0.2, 0.25) is 0 Å². The fraction of sp³-hybridized carbons (Fsp3) is 0.327. The van der Waals surface area contributed by atoms with Gasteiger partial charge in [-0.3, -0.25) is 27.6 Å². The van der Waals surface area contributed by atoms with E-state index in [1.165, 1.54) is 14.2 Å². The minimum Gasteiger partial charge on any atom is -0.469 e. The second-order valence-corrected chi connectivity index (χ2v) is 18.9. The van der Waals surface area contributed by atoms with Gasteiger partial charge in [-0.05, 0) is 143 Å². The third kappa shape index (κ3) is 11.0. The Bertz CT molecular complexity index is 2780. The number of carbonyl (C=O) groups is 4. The summed E-state index contributed by atoms with van der Waals surface area (Å²) in [5.41, 5.74) is 10.7. The smallest absolute Gasteiger partial charge is 0.305 e. The van der Waals surface area contributed by atoms with Gasteiger partial charge >= 0.3 is 11.9 Å². The van der Waals surface area contributed by atoms with E-state index in [4.69, 9.17) is 9.47 Å². The van der Waals surface area contributed by atoms with E-state index in [1.54, 1.807) is 6.92 Å². The third-order valence-electron chi connectivity index (χ3n) is 11.7. The van der Waals surface area contributed by atoms with Crippen LogP contribution in [0, 0.1) is 27.7 Å². The predicted molar refractivity (Wildman–Crippen MR) is 247 cm³/mol. The molecule has 63 heavy (non-hydrogen) atoms. The molecule has 3 N–H and O–H groups in total. The number of rotatable bonds is 17. The Hall–Kier alpha value is -5.99. The average Bonchev–Trinajstić information content (AvgIpc) is 3.91. The first-order valence-electron chi connectivity index (χ1n) is 20.8. The molecule has 12 nitrogen and oxygen atoms in total. The molecule has 14 heteroatoms. The number of nitrogens with zero attached hydrogens (tertiary/aromatic N) is 1. The molecule has 0 radical (unpaired) electrons. The molecule has 0 saturated heterocycles. The van der Waals surface area contributed by atoms with Gasteiger partial charge in [0.25, 0.3) is 11.8 Å². The number of esters is 2. The molecule has 2 aliphatic heterocycles. The molecule has 4 heterocycles. The van der Waals surface area contributed by atoms with Crippen molar-refractivity contribution in [2.45, 2.75) is 89.9 Å². The zero-order valence-corrected chi connectivity index (χ0v) is 38.7. The van der Waals surface area contributed by atoms with Crippen molar-refractivity contribution < 1.29 is 37.1 Å². The second-order valence-electron chi connectivity index (χ2n) is 15.8. The van der Waals surface area contributed by atoms with Gasteiger partial charge in [-0.1, -0.05) is 35.4 Å². The first-order chi connectivity index (χ1) is 30.1. The van der Waals surface area contributed by atoms with Crippen LogP contribution in [0.4, 0.5) is 0 Å². The number of aliphatic imine (C=N–C) groups is 1. The average molecular weight is 891 g/mol. The van der Waals surface area contributed by atoms with Crippen LogP contribution in [0.15, 0.2) is 91.3 Å². The normalized spacial score (nSPS) is 16.3. The molecular weight excluding hydrogens is 837 g/mol. The Kier molecular flexibility index (Phi) is 15.1. The zero-order valence-electron chi connectivity index (χ0n) is 37.0. The fourth-order valence-electron chi connectivity index (χ4n) is 7.71. The molecule has 0 fully saturated rings. The number of ether oxygens (including phenoxy) is 2. The lowest BCUT2D eigenvalue weighted by atomic mass is 10.0. The highest BCUT2D eigenvalue weighted by Gasteiger charge is 2.26. The van der Waals surface area contributed by atoms with Gasteiger partial charge < -0.3 is 24.8 Å². The maximum absolute atomic E-state index is 13.2. The molecule has 2 amide bonds. The first kappa shape index (κ1) is 46.5. The number of hydrogen-bond donors (Lipinski definition) is 3. The summed E-state index contributed by atoms with van der Waals surface area (Å²) in [6, 6.07) is 15.1. The Morgan fingerprint density at radius 2 is 1.16 bits per heavy atom. The Morgan fingerprint density at radius 3 is 1.71 bits per heavy atom. The van der Waals surface area contributed by atoms with Crippen LogP contribution in [0.3, 0.4) is 0 Å². The van der Waals surface area contributed by atoms with Crippen molar-refractivity contribution in [2.75, 3.05) is 25.7 Å². The number of H-pyrrole nitrogens is 2. The highest BCUT2D eigenvalue weighted by atomic mass is 32.2. The van der Waals surface area contributed by atoms with Crippen LogP contribution >= 0.6 is 0 Å². The van der Waals surface area contributed by atoms with E-state index in [1.807, 2.05) is 101 Å². The van der Waals surface area contributed by atoms with Gasteiger partial charge in [-0.15, -0.1) is 0 Å². The number of aromatic amines is 2. The number of aromatic nitrogens is 2. The number of aryl methyl sites for hydroxylation is 2. The molecule has 2 aromatic carbocycles. The highest BCUT2D eigenvalue weighted by molar-refractivity contribution is 7.85. The quantitative estimate of drug-likeness (QED) is 0.110. The highest BCUT2D eigenvalue weighted by Crippen LogP contribution is 2.30. The summed E-state index contributed by atoms with van der Waals surface area (Å²) in [5.74, 6) is -0.688. The molecule has 0 bridgehead atoms. The van der Waals surface area contributed by atoms with E-state index >= 15 is 0 Å². The zero-order chi connectivity index (χ0) is 45.5. The molecule has 330 valence electrons. The fourth-order valence-corrected chi connectivity index (χ4v) is 9.84. The second kappa shape index (κ2) is 20.5. The van der Waals surface area contributed by atoms with Crippen molar-refractivity contribution >= 4 is 69.3 Å². The molecule has 2 unspecified atom stereocenters. The molecule has 0 aliphatic carbocycles. The van der Waals surface area contributed by atoms with Crippen molar-refractivity contribution in [3.8, 4) is 0 Å². The van der Waals surface area contributed by atoms with Crippen LogP contribution in [-0.4, -0.2) is 73.6 Å². The number of allylic oxidation sites excluding steroid dienone is 2.